The molecule has 1 saturated heterocycles. The Labute approximate surface area is 216 Å². The molecule has 2 fully saturated rings. The average molecular weight is 523 g/mol. The number of nitriles is 1. The third kappa shape index (κ3) is 4.80. The van der Waals surface area contributed by atoms with Crippen LogP contribution in [0.25, 0.3) is 10.9 Å². The Bertz CT molecular complexity index is 1530. The molecule has 37 heavy (non-hydrogen) atoms. The number of aromatic nitrogens is 2. The molecule has 1 aliphatic heterocycles. The molecule has 1 aromatic heterocycles. The quantitative estimate of drug-likeness (QED) is 0.487. The van der Waals surface area contributed by atoms with Crippen LogP contribution in [0.4, 0.5) is 5.69 Å². The van der Waals surface area contributed by atoms with Gasteiger partial charge in [-0.25, -0.2) is 4.98 Å². The maximum Gasteiger partial charge on any atom is 0.301 e. The van der Waals surface area contributed by atoms with E-state index in [9.17, 15) is 18.5 Å². The monoisotopic (exact) mass is 522 g/mol. The van der Waals surface area contributed by atoms with E-state index >= 15 is 0 Å². The standard InChI is InChI=1S/C26H30N6O4S/c1-3-31(2)37(34,35)30-23-5-4-6-24(21(23)16-27)36-19-7-8-22-20(13-19)25(33)32(17-29-22)18-14-26(15-18)9-11-28-12-10-26/h4-8,13,17-18,28,30H,3,9-12,14-15H2,1-2H3. The van der Waals surface area contributed by atoms with E-state index in [2.05, 4.69) is 15.0 Å². The molecule has 1 aliphatic carbocycles. The summed E-state index contributed by atoms with van der Waals surface area (Å²) < 4.78 is 36.3. The van der Waals surface area contributed by atoms with Gasteiger partial charge in [0, 0.05) is 19.6 Å². The van der Waals surface area contributed by atoms with Gasteiger partial charge in [-0.2, -0.15) is 18.0 Å². The first kappa shape index (κ1) is 25.2. The van der Waals surface area contributed by atoms with Gasteiger partial charge in [0.25, 0.3) is 5.56 Å². The maximum absolute atomic E-state index is 13.4. The van der Waals surface area contributed by atoms with Crippen molar-refractivity contribution < 1.29 is 13.2 Å². The molecule has 1 saturated carbocycles. The number of fused-ring (bicyclic) bond motifs is 1. The third-order valence-corrected chi connectivity index (χ3v) is 9.17. The third-order valence-electron chi connectivity index (χ3n) is 7.61. The number of hydrogen-bond donors (Lipinski definition) is 2. The van der Waals surface area contributed by atoms with Crippen LogP contribution in [0.1, 0.15) is 44.2 Å². The van der Waals surface area contributed by atoms with E-state index in [4.69, 9.17) is 4.74 Å². The van der Waals surface area contributed by atoms with Gasteiger partial charge in [0.2, 0.25) is 0 Å². The van der Waals surface area contributed by atoms with Crippen LogP contribution in [0.5, 0.6) is 11.5 Å². The molecule has 2 aromatic carbocycles. The summed E-state index contributed by atoms with van der Waals surface area (Å²) in [5.74, 6) is 0.534. The minimum absolute atomic E-state index is 0.0426. The number of rotatable bonds is 7. The molecule has 0 amide bonds. The normalized spacial score (nSPS) is 17.5. The van der Waals surface area contributed by atoms with Crippen molar-refractivity contribution in [1.82, 2.24) is 19.2 Å². The van der Waals surface area contributed by atoms with E-state index in [-0.39, 0.29) is 35.1 Å². The lowest BCUT2D eigenvalue weighted by atomic mass is 9.60. The van der Waals surface area contributed by atoms with Gasteiger partial charge in [0.1, 0.15) is 23.1 Å². The summed E-state index contributed by atoms with van der Waals surface area (Å²) >= 11 is 0. The Hall–Kier alpha value is -3.46. The Morgan fingerprint density at radius 2 is 2.03 bits per heavy atom. The zero-order chi connectivity index (χ0) is 26.2. The molecule has 2 aliphatic rings. The molecule has 1 spiro atoms. The molecule has 0 atom stereocenters. The van der Waals surface area contributed by atoms with Crippen molar-refractivity contribution in [3.8, 4) is 17.6 Å². The summed E-state index contributed by atoms with van der Waals surface area (Å²) in [5, 5.41) is 13.6. The SMILES string of the molecule is CCN(C)S(=O)(=O)Nc1cccc(Oc2ccc3ncn(C4CC5(CCNCC5)C4)c(=O)c3c2)c1C#N. The number of ether oxygens (including phenoxy) is 1. The van der Waals surface area contributed by atoms with Crippen LogP contribution < -0.4 is 20.3 Å². The molecule has 0 radical (unpaired) electrons. The minimum atomic E-state index is -3.82. The largest absolute Gasteiger partial charge is 0.456 e. The first-order valence-corrected chi connectivity index (χ1v) is 13.9. The molecule has 5 rings (SSSR count). The summed E-state index contributed by atoms with van der Waals surface area (Å²) in [6, 6.07) is 11.9. The Balaban J connectivity index is 1.42. The number of piperidine rings is 1. The predicted octanol–water partition coefficient (Wildman–Crippen LogP) is 3.37. The van der Waals surface area contributed by atoms with E-state index in [0.29, 0.717) is 22.1 Å². The molecular weight excluding hydrogens is 492 g/mol. The summed E-state index contributed by atoms with van der Waals surface area (Å²) in [4.78, 5) is 17.9. The van der Waals surface area contributed by atoms with Gasteiger partial charge in [0.05, 0.1) is 22.9 Å². The smallest absolute Gasteiger partial charge is 0.301 e. The molecule has 194 valence electrons. The van der Waals surface area contributed by atoms with Crippen LogP contribution in [-0.2, 0) is 10.2 Å². The van der Waals surface area contributed by atoms with E-state index < -0.39 is 10.2 Å². The fraction of sp³-hybridized carbons (Fsp3) is 0.423. The van der Waals surface area contributed by atoms with Gasteiger partial charge in [-0.1, -0.05) is 13.0 Å². The van der Waals surface area contributed by atoms with E-state index in [1.165, 1.54) is 13.1 Å². The highest BCUT2D eigenvalue weighted by atomic mass is 32.2. The van der Waals surface area contributed by atoms with Crippen LogP contribution in [0.2, 0.25) is 0 Å². The highest BCUT2D eigenvalue weighted by molar-refractivity contribution is 7.90. The van der Waals surface area contributed by atoms with Crippen molar-refractivity contribution in [3.05, 3.63) is 58.6 Å². The summed E-state index contributed by atoms with van der Waals surface area (Å²) in [5.41, 5.74) is 0.937. The number of benzene rings is 2. The molecule has 3 aromatic rings. The lowest BCUT2D eigenvalue weighted by molar-refractivity contribution is 0.0270. The highest BCUT2D eigenvalue weighted by Gasteiger charge is 2.45. The second-order valence-corrected chi connectivity index (χ2v) is 11.6. The van der Waals surface area contributed by atoms with Crippen molar-refractivity contribution in [1.29, 1.82) is 5.26 Å². The first-order chi connectivity index (χ1) is 17.7. The number of hydrogen-bond acceptors (Lipinski definition) is 7. The van der Waals surface area contributed by atoms with Crippen molar-refractivity contribution in [2.45, 2.75) is 38.6 Å². The van der Waals surface area contributed by atoms with Crippen LogP contribution in [0.15, 0.2) is 47.5 Å². The van der Waals surface area contributed by atoms with Gasteiger partial charge in [0.15, 0.2) is 0 Å². The highest BCUT2D eigenvalue weighted by Crippen LogP contribution is 2.53. The first-order valence-electron chi connectivity index (χ1n) is 12.4. The molecule has 0 bridgehead atoms. The molecule has 0 unspecified atom stereocenters. The molecule has 10 nitrogen and oxygen atoms in total. The summed E-state index contributed by atoms with van der Waals surface area (Å²) in [6.45, 7) is 4.04. The van der Waals surface area contributed by atoms with Gasteiger partial charge in [-0.15, -0.1) is 0 Å². The van der Waals surface area contributed by atoms with Crippen LogP contribution in [-0.4, -0.2) is 49.0 Å². The van der Waals surface area contributed by atoms with E-state index in [0.717, 1.165) is 43.1 Å². The predicted molar refractivity (Wildman–Crippen MR) is 141 cm³/mol. The zero-order valence-electron chi connectivity index (χ0n) is 20.9. The van der Waals surface area contributed by atoms with Gasteiger partial charge in [-0.3, -0.25) is 14.1 Å². The number of nitrogens with one attached hydrogen (secondary N) is 2. The topological polar surface area (TPSA) is 129 Å². The molecule has 11 heteroatoms. The van der Waals surface area contributed by atoms with Crippen molar-refractivity contribution in [3.63, 3.8) is 0 Å². The van der Waals surface area contributed by atoms with Crippen molar-refractivity contribution in [2.24, 2.45) is 5.41 Å². The van der Waals surface area contributed by atoms with Crippen molar-refractivity contribution in [2.75, 3.05) is 31.4 Å². The minimum Gasteiger partial charge on any atom is -0.456 e. The second-order valence-electron chi connectivity index (χ2n) is 9.86. The molecular formula is C26H30N6O4S. The van der Waals surface area contributed by atoms with Gasteiger partial charge in [-0.05, 0) is 74.5 Å². The molecule has 2 N–H and O–H groups in total. The molecule has 2 heterocycles. The Kier molecular flexibility index (Phi) is 6.66. The number of anilines is 1. The lowest BCUT2D eigenvalue weighted by Crippen LogP contribution is -2.47. The Morgan fingerprint density at radius 3 is 2.73 bits per heavy atom. The van der Waals surface area contributed by atoms with Gasteiger partial charge < -0.3 is 10.1 Å². The number of nitrogens with zero attached hydrogens (tertiary/aromatic N) is 4. The average Bonchev–Trinajstić information content (AvgIpc) is 2.88. The van der Waals surface area contributed by atoms with Crippen molar-refractivity contribution >= 4 is 26.8 Å². The van der Waals surface area contributed by atoms with Crippen LogP contribution in [0, 0.1) is 16.7 Å². The lowest BCUT2D eigenvalue weighted by Gasteiger charge is -2.50. The summed E-state index contributed by atoms with van der Waals surface area (Å²) in [7, 11) is -2.37. The fourth-order valence-corrected chi connectivity index (χ4v) is 6.21. The fourth-order valence-electron chi connectivity index (χ4n) is 5.27. The van der Waals surface area contributed by atoms with Crippen LogP contribution in [0.3, 0.4) is 0 Å². The second kappa shape index (κ2) is 9.78. The van der Waals surface area contributed by atoms with E-state index in [1.54, 1.807) is 48.1 Å². The van der Waals surface area contributed by atoms with E-state index in [1.807, 2.05) is 6.07 Å². The Morgan fingerprint density at radius 1 is 1.27 bits per heavy atom. The van der Waals surface area contributed by atoms with Crippen LogP contribution >= 0.6 is 0 Å². The van der Waals surface area contributed by atoms with Gasteiger partial charge >= 0.3 is 10.2 Å². The zero-order valence-corrected chi connectivity index (χ0v) is 21.7. The maximum atomic E-state index is 13.4. The summed E-state index contributed by atoms with van der Waals surface area (Å²) in [6.07, 6.45) is 5.89.